The lowest BCUT2D eigenvalue weighted by Gasteiger charge is -2.11. The molecule has 0 saturated carbocycles. The molecule has 29 heavy (non-hydrogen) atoms. The number of hydrogen-bond donors (Lipinski definition) is 3. The monoisotopic (exact) mass is 388 g/mol. The topological polar surface area (TPSA) is 83.1 Å². The molecule has 2 aromatic carbocycles. The summed E-state index contributed by atoms with van der Waals surface area (Å²) in [5.74, 6) is -0.331. The third-order valence-electron chi connectivity index (χ3n) is 4.43. The molecule has 0 aliphatic heterocycles. The Hall–Kier alpha value is -3.67. The van der Waals surface area contributed by atoms with E-state index in [1.807, 2.05) is 38.1 Å². The Labute approximate surface area is 170 Å². The zero-order valence-corrected chi connectivity index (χ0v) is 16.5. The van der Waals surface area contributed by atoms with Crippen molar-refractivity contribution in [3.8, 4) is 0 Å². The maximum atomic E-state index is 12.2. The van der Waals surface area contributed by atoms with Crippen molar-refractivity contribution < 1.29 is 9.59 Å². The van der Waals surface area contributed by atoms with Gasteiger partial charge in [-0.25, -0.2) is 0 Å². The summed E-state index contributed by atoms with van der Waals surface area (Å²) in [5, 5.41) is 8.81. The number of aryl methyl sites for hydroxylation is 2. The van der Waals surface area contributed by atoms with Gasteiger partial charge in [-0.15, -0.1) is 0 Å². The first-order chi connectivity index (χ1) is 14.0. The number of pyridine rings is 1. The molecule has 0 saturated heterocycles. The summed E-state index contributed by atoms with van der Waals surface area (Å²) >= 11 is 0. The second-order valence-electron chi connectivity index (χ2n) is 6.84. The van der Waals surface area contributed by atoms with Crippen molar-refractivity contribution in [3.63, 3.8) is 0 Å². The van der Waals surface area contributed by atoms with E-state index in [0.717, 1.165) is 16.8 Å². The van der Waals surface area contributed by atoms with E-state index in [-0.39, 0.29) is 18.4 Å². The maximum absolute atomic E-state index is 12.2. The van der Waals surface area contributed by atoms with Crippen LogP contribution in [0.5, 0.6) is 0 Å². The SMILES string of the molecule is Cc1ccc(NCC(=O)Nc2ccc(C(=O)NCc3cccnc3)cc2)c(C)c1. The van der Waals surface area contributed by atoms with Crippen LogP contribution in [-0.4, -0.2) is 23.3 Å². The summed E-state index contributed by atoms with van der Waals surface area (Å²) < 4.78 is 0. The summed E-state index contributed by atoms with van der Waals surface area (Å²) in [6.45, 7) is 4.62. The number of nitrogens with zero attached hydrogens (tertiary/aromatic N) is 1. The van der Waals surface area contributed by atoms with Crippen molar-refractivity contribution in [2.45, 2.75) is 20.4 Å². The van der Waals surface area contributed by atoms with E-state index in [1.54, 1.807) is 36.7 Å². The van der Waals surface area contributed by atoms with Gasteiger partial charge < -0.3 is 16.0 Å². The van der Waals surface area contributed by atoms with Crippen molar-refractivity contribution in [2.75, 3.05) is 17.2 Å². The van der Waals surface area contributed by atoms with E-state index in [9.17, 15) is 9.59 Å². The molecule has 1 heterocycles. The maximum Gasteiger partial charge on any atom is 0.251 e. The molecule has 148 valence electrons. The van der Waals surface area contributed by atoms with Crippen LogP contribution in [0.25, 0.3) is 0 Å². The summed E-state index contributed by atoms with van der Waals surface area (Å²) in [6.07, 6.45) is 3.40. The van der Waals surface area contributed by atoms with Crippen LogP contribution < -0.4 is 16.0 Å². The summed E-state index contributed by atoms with van der Waals surface area (Å²) in [7, 11) is 0. The van der Waals surface area contributed by atoms with E-state index < -0.39 is 0 Å². The second kappa shape index (κ2) is 9.50. The third-order valence-corrected chi connectivity index (χ3v) is 4.43. The minimum absolute atomic E-state index is 0.154. The van der Waals surface area contributed by atoms with Gasteiger partial charge >= 0.3 is 0 Å². The van der Waals surface area contributed by atoms with Crippen LogP contribution in [0.2, 0.25) is 0 Å². The highest BCUT2D eigenvalue weighted by Gasteiger charge is 2.07. The van der Waals surface area contributed by atoms with Gasteiger partial charge in [0.2, 0.25) is 5.91 Å². The van der Waals surface area contributed by atoms with Crippen LogP contribution in [0.1, 0.15) is 27.0 Å². The summed E-state index contributed by atoms with van der Waals surface area (Å²) in [5.41, 5.74) is 5.32. The first kappa shape index (κ1) is 20.1. The lowest BCUT2D eigenvalue weighted by atomic mass is 10.1. The fraction of sp³-hybridized carbons (Fsp3) is 0.174. The number of aromatic nitrogens is 1. The van der Waals surface area contributed by atoms with Gasteiger partial charge in [-0.05, 0) is 61.4 Å². The van der Waals surface area contributed by atoms with Crippen molar-refractivity contribution in [3.05, 3.63) is 89.2 Å². The average Bonchev–Trinajstić information content (AvgIpc) is 2.72. The van der Waals surface area contributed by atoms with Crippen LogP contribution >= 0.6 is 0 Å². The molecule has 0 radical (unpaired) electrons. The highest BCUT2D eigenvalue weighted by molar-refractivity contribution is 5.96. The molecule has 6 heteroatoms. The highest BCUT2D eigenvalue weighted by atomic mass is 16.2. The average molecular weight is 388 g/mol. The van der Waals surface area contributed by atoms with E-state index >= 15 is 0 Å². The Morgan fingerprint density at radius 1 is 1.00 bits per heavy atom. The fourth-order valence-corrected chi connectivity index (χ4v) is 2.88. The molecular formula is C23H24N4O2. The number of anilines is 2. The number of benzene rings is 2. The Kier molecular flexibility index (Phi) is 6.58. The predicted molar refractivity (Wildman–Crippen MR) is 115 cm³/mol. The van der Waals surface area contributed by atoms with E-state index in [1.165, 1.54) is 5.56 Å². The predicted octanol–water partition coefficient (Wildman–Crippen LogP) is 3.68. The van der Waals surface area contributed by atoms with Gasteiger partial charge in [0, 0.05) is 35.9 Å². The van der Waals surface area contributed by atoms with Crippen LogP contribution in [0.15, 0.2) is 67.0 Å². The van der Waals surface area contributed by atoms with Gasteiger partial charge in [0.25, 0.3) is 5.91 Å². The Morgan fingerprint density at radius 3 is 2.48 bits per heavy atom. The van der Waals surface area contributed by atoms with Gasteiger partial charge in [-0.1, -0.05) is 23.8 Å². The minimum atomic E-state index is -0.178. The van der Waals surface area contributed by atoms with Crippen LogP contribution in [0, 0.1) is 13.8 Å². The Bertz CT molecular complexity index is 986. The number of rotatable bonds is 7. The molecule has 0 atom stereocenters. The molecule has 6 nitrogen and oxygen atoms in total. The first-order valence-electron chi connectivity index (χ1n) is 9.39. The van der Waals surface area contributed by atoms with Crippen LogP contribution in [0.4, 0.5) is 11.4 Å². The molecular weight excluding hydrogens is 364 g/mol. The first-order valence-corrected chi connectivity index (χ1v) is 9.39. The number of hydrogen-bond acceptors (Lipinski definition) is 4. The number of carbonyl (C=O) groups excluding carboxylic acids is 2. The quantitative estimate of drug-likeness (QED) is 0.577. The molecule has 3 N–H and O–H groups in total. The molecule has 0 aliphatic rings. The van der Waals surface area contributed by atoms with Crippen molar-refractivity contribution in [1.82, 2.24) is 10.3 Å². The van der Waals surface area contributed by atoms with Crippen molar-refractivity contribution in [1.29, 1.82) is 0 Å². The van der Waals surface area contributed by atoms with Gasteiger partial charge in [0.05, 0.1) is 6.54 Å². The van der Waals surface area contributed by atoms with Gasteiger partial charge in [-0.3, -0.25) is 14.6 Å². The molecule has 0 aliphatic carbocycles. The molecule has 2 amide bonds. The highest BCUT2D eigenvalue weighted by Crippen LogP contribution is 2.16. The molecule has 3 aromatic rings. The Morgan fingerprint density at radius 2 is 1.79 bits per heavy atom. The largest absolute Gasteiger partial charge is 0.376 e. The fourth-order valence-electron chi connectivity index (χ4n) is 2.88. The van der Waals surface area contributed by atoms with Crippen LogP contribution in [-0.2, 0) is 11.3 Å². The molecule has 0 bridgehead atoms. The van der Waals surface area contributed by atoms with E-state index in [0.29, 0.717) is 17.8 Å². The summed E-state index contributed by atoms with van der Waals surface area (Å²) in [4.78, 5) is 28.4. The molecule has 3 rings (SSSR count). The smallest absolute Gasteiger partial charge is 0.251 e. The van der Waals surface area contributed by atoms with Crippen molar-refractivity contribution >= 4 is 23.2 Å². The summed E-state index contributed by atoms with van der Waals surface area (Å²) in [6, 6.07) is 16.6. The number of nitrogens with one attached hydrogen (secondary N) is 3. The normalized spacial score (nSPS) is 10.3. The zero-order valence-electron chi connectivity index (χ0n) is 16.5. The zero-order chi connectivity index (χ0) is 20.6. The van der Waals surface area contributed by atoms with Gasteiger partial charge in [0.15, 0.2) is 0 Å². The lowest BCUT2D eigenvalue weighted by Crippen LogP contribution is -2.23. The Balaban J connectivity index is 1.49. The van der Waals surface area contributed by atoms with E-state index in [4.69, 9.17) is 0 Å². The second-order valence-corrected chi connectivity index (χ2v) is 6.84. The molecule has 0 unspecified atom stereocenters. The molecule has 1 aromatic heterocycles. The number of amides is 2. The lowest BCUT2D eigenvalue weighted by molar-refractivity contribution is -0.114. The van der Waals surface area contributed by atoms with Crippen LogP contribution in [0.3, 0.4) is 0 Å². The standard InChI is InChI=1S/C23H24N4O2/c1-16-5-10-21(17(2)12-16)25-15-22(28)27-20-8-6-19(7-9-20)23(29)26-14-18-4-3-11-24-13-18/h3-13,25H,14-15H2,1-2H3,(H,26,29)(H,27,28). The van der Waals surface area contributed by atoms with Gasteiger partial charge in [-0.2, -0.15) is 0 Å². The molecule has 0 spiro atoms. The van der Waals surface area contributed by atoms with Crippen molar-refractivity contribution in [2.24, 2.45) is 0 Å². The van der Waals surface area contributed by atoms with E-state index in [2.05, 4.69) is 27.0 Å². The molecule has 0 fully saturated rings. The third kappa shape index (κ3) is 5.90. The minimum Gasteiger partial charge on any atom is -0.376 e. The van der Waals surface area contributed by atoms with Gasteiger partial charge in [0.1, 0.15) is 0 Å². The number of carbonyl (C=O) groups is 2.